The minimum absolute atomic E-state index is 0. The van der Waals surface area contributed by atoms with Crippen molar-refractivity contribution in [2.24, 2.45) is 5.41 Å². The minimum atomic E-state index is 0. The van der Waals surface area contributed by atoms with Crippen molar-refractivity contribution in [2.45, 2.75) is 33.6 Å². The zero-order valence-corrected chi connectivity index (χ0v) is 12.6. The molecular weight excluding hydrogens is 277 g/mol. The van der Waals surface area contributed by atoms with Gasteiger partial charge in [0, 0.05) is 18.6 Å². The average Bonchev–Trinajstić information content (AvgIpc) is 2.38. The van der Waals surface area contributed by atoms with Crippen LogP contribution in [0.5, 0.6) is 0 Å². The summed E-state index contributed by atoms with van der Waals surface area (Å²) in [5.41, 5.74) is 1.72. The van der Waals surface area contributed by atoms with Crippen molar-refractivity contribution >= 4 is 37.2 Å². The first-order valence-corrected chi connectivity index (χ1v) is 3.94. The molecule has 0 spiro atoms. The van der Waals surface area contributed by atoms with Crippen LogP contribution in [0.25, 0.3) is 0 Å². The Kier molecular flexibility index (Phi) is 18.1. The normalized spacial score (nSPS) is 12.6. The van der Waals surface area contributed by atoms with Crippen molar-refractivity contribution in [3.05, 3.63) is 23.8 Å². The number of hydrogen-bond acceptors (Lipinski definition) is 0. The maximum atomic E-state index is 3.35. The molecule has 1 aliphatic rings. The van der Waals surface area contributed by atoms with E-state index < -0.39 is 0 Å². The molecule has 0 amide bonds. The number of halogens is 3. The van der Waals surface area contributed by atoms with E-state index in [2.05, 4.69) is 39.0 Å². The summed E-state index contributed by atoms with van der Waals surface area (Å²) in [4.78, 5) is 0. The van der Waals surface area contributed by atoms with Gasteiger partial charge in [-0.2, -0.15) is 6.08 Å². The van der Waals surface area contributed by atoms with E-state index in [-0.39, 0.29) is 55.8 Å². The fraction of sp³-hybridized carbons (Fsp3) is 0.600. The summed E-state index contributed by atoms with van der Waals surface area (Å²) in [7, 11) is 0. The third kappa shape index (κ3) is 6.42. The molecule has 85 valence electrons. The molecule has 0 fully saturated rings. The maximum absolute atomic E-state index is 3.35. The zero-order valence-electron chi connectivity index (χ0n) is 8.74. The van der Waals surface area contributed by atoms with E-state index >= 15 is 0 Å². The van der Waals surface area contributed by atoms with E-state index in [9.17, 15) is 0 Å². The van der Waals surface area contributed by atoms with Crippen LogP contribution in [0.1, 0.15) is 33.6 Å². The molecule has 0 atom stereocenters. The summed E-state index contributed by atoms with van der Waals surface area (Å²) in [5.74, 6) is 0. The summed E-state index contributed by atoms with van der Waals surface area (Å²) >= 11 is 0. The van der Waals surface area contributed by atoms with Gasteiger partial charge in [-0.1, -0.05) is 20.8 Å². The van der Waals surface area contributed by atoms with Gasteiger partial charge in [0.2, 0.25) is 0 Å². The van der Waals surface area contributed by atoms with Gasteiger partial charge in [-0.15, -0.1) is 43.6 Å². The van der Waals surface area contributed by atoms with E-state index in [0.29, 0.717) is 5.41 Å². The first kappa shape index (κ1) is 24.3. The monoisotopic (exact) mass is 294 g/mol. The molecule has 0 aromatic heterocycles. The van der Waals surface area contributed by atoms with Crippen LogP contribution in [0.4, 0.5) is 0 Å². The van der Waals surface area contributed by atoms with Gasteiger partial charge in [0.05, 0.1) is 0 Å². The predicted molar refractivity (Wildman–Crippen MR) is 66.3 cm³/mol. The molecule has 0 saturated heterocycles. The van der Waals surface area contributed by atoms with E-state index in [4.69, 9.17) is 0 Å². The van der Waals surface area contributed by atoms with Crippen LogP contribution in [0.2, 0.25) is 0 Å². The standard InChI is InChI=1S/C10H15.3ClH.V/c1-4-10(2,3)9-7-5-6-8-9;;;;/h5,7H,4,6H2,1-3H3;3*1H;/q-1;;;;. The predicted octanol–water partition coefficient (Wildman–Crippen LogP) is 4.37. The molecule has 14 heavy (non-hydrogen) atoms. The van der Waals surface area contributed by atoms with Crippen LogP contribution in [-0.4, -0.2) is 0 Å². The van der Waals surface area contributed by atoms with Crippen molar-refractivity contribution in [3.8, 4) is 0 Å². The molecule has 1 rings (SSSR count). The Hall–Kier alpha value is 0.934. The zero-order chi connectivity index (χ0) is 7.61. The fourth-order valence-corrected chi connectivity index (χ4v) is 1.06. The van der Waals surface area contributed by atoms with Gasteiger partial charge in [0.25, 0.3) is 0 Å². The number of rotatable bonds is 2. The van der Waals surface area contributed by atoms with Gasteiger partial charge in [-0.3, -0.25) is 6.08 Å². The molecule has 0 aliphatic heterocycles. The van der Waals surface area contributed by atoms with Crippen molar-refractivity contribution in [1.82, 2.24) is 0 Å². The molecule has 1 aliphatic carbocycles. The number of hydrogen-bond donors (Lipinski definition) is 0. The molecule has 0 heterocycles. The van der Waals surface area contributed by atoms with Crippen LogP contribution in [-0.2, 0) is 18.6 Å². The van der Waals surface area contributed by atoms with Crippen LogP contribution in [0.15, 0.2) is 17.7 Å². The second kappa shape index (κ2) is 10.5. The molecular formula is C10H18Cl3V-. The summed E-state index contributed by atoms with van der Waals surface area (Å²) < 4.78 is 0. The topological polar surface area (TPSA) is 0 Å². The van der Waals surface area contributed by atoms with Crippen LogP contribution in [0.3, 0.4) is 0 Å². The van der Waals surface area contributed by atoms with Gasteiger partial charge in [-0.05, 0) is 11.8 Å². The summed E-state index contributed by atoms with van der Waals surface area (Å²) in [6.07, 6.45) is 9.93. The quantitative estimate of drug-likeness (QED) is 0.663. The SMILES string of the molecule is CCC(C)(C)C1=[C-]CC=C1.Cl.Cl.Cl.[V]. The third-order valence-corrected chi connectivity index (χ3v) is 2.31. The molecule has 4 heteroatoms. The second-order valence-electron chi connectivity index (χ2n) is 3.43. The molecule has 0 unspecified atom stereocenters. The average molecular weight is 296 g/mol. The molecule has 0 bridgehead atoms. The van der Waals surface area contributed by atoms with E-state index in [0.717, 1.165) is 6.42 Å². The third-order valence-electron chi connectivity index (χ3n) is 2.31. The van der Waals surface area contributed by atoms with Gasteiger partial charge in [0.15, 0.2) is 0 Å². The number of allylic oxidation sites excluding steroid dienone is 4. The maximum Gasteiger partial charge on any atom is 0 e. The van der Waals surface area contributed by atoms with Crippen molar-refractivity contribution in [3.63, 3.8) is 0 Å². The summed E-state index contributed by atoms with van der Waals surface area (Å²) in [6, 6.07) is 0. The van der Waals surface area contributed by atoms with Crippen molar-refractivity contribution in [1.29, 1.82) is 0 Å². The molecule has 0 saturated carbocycles. The van der Waals surface area contributed by atoms with E-state index in [1.165, 1.54) is 12.0 Å². The Labute approximate surface area is 118 Å². The Morgan fingerprint density at radius 2 is 1.79 bits per heavy atom. The van der Waals surface area contributed by atoms with E-state index in [1.807, 2.05) is 0 Å². The van der Waals surface area contributed by atoms with E-state index in [1.54, 1.807) is 0 Å². The Morgan fingerprint density at radius 1 is 1.29 bits per heavy atom. The second-order valence-corrected chi connectivity index (χ2v) is 3.43. The molecule has 0 nitrogen and oxygen atoms in total. The summed E-state index contributed by atoms with van der Waals surface area (Å²) in [5, 5.41) is 0. The van der Waals surface area contributed by atoms with Crippen LogP contribution >= 0.6 is 37.2 Å². The Bertz CT molecular complexity index is 186. The largest absolute Gasteiger partial charge is 0.269 e. The molecule has 1 radical (unpaired) electrons. The van der Waals surface area contributed by atoms with Gasteiger partial charge >= 0.3 is 0 Å². The molecule has 0 aromatic rings. The van der Waals surface area contributed by atoms with Gasteiger partial charge < -0.3 is 0 Å². The van der Waals surface area contributed by atoms with Crippen LogP contribution < -0.4 is 0 Å². The Morgan fingerprint density at radius 3 is 2.07 bits per heavy atom. The Balaban J connectivity index is -0.000000125. The van der Waals surface area contributed by atoms with Gasteiger partial charge in [0.1, 0.15) is 0 Å². The molecule has 0 aromatic carbocycles. The molecule has 0 N–H and O–H groups in total. The minimum Gasteiger partial charge on any atom is -0.269 e. The first-order chi connectivity index (χ1) is 4.67. The van der Waals surface area contributed by atoms with Crippen molar-refractivity contribution in [2.75, 3.05) is 0 Å². The van der Waals surface area contributed by atoms with Crippen LogP contribution in [0, 0.1) is 11.5 Å². The van der Waals surface area contributed by atoms with Crippen molar-refractivity contribution < 1.29 is 18.6 Å². The smallest absolute Gasteiger partial charge is 0 e. The van der Waals surface area contributed by atoms with Gasteiger partial charge in [-0.25, -0.2) is 11.6 Å². The summed E-state index contributed by atoms with van der Waals surface area (Å²) in [6.45, 7) is 6.76. The fourth-order valence-electron chi connectivity index (χ4n) is 1.06. The first-order valence-electron chi connectivity index (χ1n) is 3.94.